The van der Waals surface area contributed by atoms with E-state index in [1.54, 1.807) is 0 Å². The van der Waals surface area contributed by atoms with Crippen molar-refractivity contribution in [2.45, 2.75) is 26.3 Å². The van der Waals surface area contributed by atoms with Crippen LogP contribution >= 0.6 is 31.9 Å². The van der Waals surface area contributed by atoms with Crippen molar-refractivity contribution in [3.05, 3.63) is 21.3 Å². The number of nitrogens with zero attached hydrogens (tertiary/aromatic N) is 1. The first-order valence-electron chi connectivity index (χ1n) is 3.45. The van der Waals surface area contributed by atoms with Crippen LogP contribution in [0.5, 0.6) is 0 Å². The van der Waals surface area contributed by atoms with Crippen LogP contribution in [-0.2, 0) is 5.54 Å². The zero-order valence-electron chi connectivity index (χ0n) is 6.86. The van der Waals surface area contributed by atoms with Gasteiger partial charge in [0.15, 0.2) is 0 Å². The Morgan fingerprint density at radius 2 is 1.45 bits per heavy atom. The number of hydrogen-bond donors (Lipinski definition) is 0. The molecule has 0 aliphatic heterocycles. The molecular weight excluding hydrogens is 270 g/mol. The molecule has 0 radical (unpaired) electrons. The molecule has 0 unspecified atom stereocenters. The molecule has 1 aromatic heterocycles. The first kappa shape index (κ1) is 9.33. The summed E-state index contributed by atoms with van der Waals surface area (Å²) in [7, 11) is 0. The zero-order valence-corrected chi connectivity index (χ0v) is 10.0. The molecule has 0 aliphatic rings. The Bertz CT molecular complexity index is 238. The van der Waals surface area contributed by atoms with E-state index in [2.05, 4.69) is 69.6 Å². The average molecular weight is 281 g/mol. The van der Waals surface area contributed by atoms with Crippen molar-refractivity contribution in [1.82, 2.24) is 4.57 Å². The van der Waals surface area contributed by atoms with Gasteiger partial charge in [0.1, 0.15) is 0 Å². The Hall–Kier alpha value is 0.240. The highest BCUT2D eigenvalue weighted by Gasteiger charge is 2.13. The van der Waals surface area contributed by atoms with Crippen molar-refractivity contribution in [3.63, 3.8) is 0 Å². The van der Waals surface area contributed by atoms with Crippen LogP contribution in [0.4, 0.5) is 0 Å². The van der Waals surface area contributed by atoms with Gasteiger partial charge in [-0.1, -0.05) is 0 Å². The predicted octanol–water partition coefficient (Wildman–Crippen LogP) is 3.77. The monoisotopic (exact) mass is 279 g/mol. The van der Waals surface area contributed by atoms with E-state index in [-0.39, 0.29) is 5.54 Å². The molecule has 62 valence electrons. The topological polar surface area (TPSA) is 4.93 Å². The number of aromatic nitrogens is 1. The summed E-state index contributed by atoms with van der Waals surface area (Å²) in [4.78, 5) is 0. The molecule has 0 aromatic carbocycles. The molecular formula is C8H11Br2N. The normalized spacial score (nSPS) is 12.1. The largest absolute Gasteiger partial charge is 0.347 e. The molecule has 0 spiro atoms. The molecule has 0 atom stereocenters. The molecule has 0 saturated carbocycles. The second-order valence-corrected chi connectivity index (χ2v) is 5.24. The van der Waals surface area contributed by atoms with E-state index in [0.717, 1.165) is 8.95 Å². The van der Waals surface area contributed by atoms with Crippen LogP contribution in [0, 0.1) is 0 Å². The second kappa shape index (κ2) is 2.94. The third-order valence-corrected chi connectivity index (χ3v) is 3.30. The highest BCUT2D eigenvalue weighted by atomic mass is 79.9. The molecule has 1 nitrogen and oxygen atoms in total. The van der Waals surface area contributed by atoms with Crippen LogP contribution in [0.2, 0.25) is 0 Å². The van der Waals surface area contributed by atoms with Gasteiger partial charge in [0.25, 0.3) is 0 Å². The van der Waals surface area contributed by atoms with Crippen molar-refractivity contribution in [2.75, 3.05) is 0 Å². The van der Waals surface area contributed by atoms with Gasteiger partial charge in [0.2, 0.25) is 0 Å². The van der Waals surface area contributed by atoms with Gasteiger partial charge in [-0.2, -0.15) is 0 Å². The molecule has 0 amide bonds. The minimum atomic E-state index is 0.161. The van der Waals surface area contributed by atoms with Crippen molar-refractivity contribution < 1.29 is 0 Å². The lowest BCUT2D eigenvalue weighted by Crippen LogP contribution is -2.19. The number of rotatable bonds is 0. The quantitative estimate of drug-likeness (QED) is 0.682. The minimum Gasteiger partial charge on any atom is -0.347 e. The minimum absolute atomic E-state index is 0.161. The summed E-state index contributed by atoms with van der Waals surface area (Å²) in [5.41, 5.74) is 0.161. The van der Waals surface area contributed by atoms with E-state index in [1.807, 2.05) is 0 Å². The van der Waals surface area contributed by atoms with Gasteiger partial charge < -0.3 is 4.57 Å². The van der Waals surface area contributed by atoms with Crippen LogP contribution in [0.1, 0.15) is 20.8 Å². The lowest BCUT2D eigenvalue weighted by molar-refractivity contribution is 0.398. The third kappa shape index (κ3) is 2.09. The molecule has 1 heterocycles. The lowest BCUT2D eigenvalue weighted by atomic mass is 10.1. The van der Waals surface area contributed by atoms with E-state index in [4.69, 9.17) is 0 Å². The van der Waals surface area contributed by atoms with Gasteiger partial charge in [-0.15, -0.1) is 0 Å². The highest BCUT2D eigenvalue weighted by Crippen LogP contribution is 2.27. The standard InChI is InChI=1S/C8H11Br2N/c1-8(2,3)11-4-6(9)7(10)5-11/h4-5H,1-3H3. The zero-order chi connectivity index (χ0) is 8.65. The molecule has 0 N–H and O–H groups in total. The third-order valence-electron chi connectivity index (χ3n) is 1.51. The smallest absolute Gasteiger partial charge is 0.0494 e. The van der Waals surface area contributed by atoms with Crippen LogP contribution in [0.15, 0.2) is 21.3 Å². The maximum atomic E-state index is 3.44. The summed E-state index contributed by atoms with van der Waals surface area (Å²) in [6.07, 6.45) is 4.15. The van der Waals surface area contributed by atoms with Crippen LogP contribution < -0.4 is 0 Å². The van der Waals surface area contributed by atoms with Gasteiger partial charge >= 0.3 is 0 Å². The Labute approximate surface area is 84.0 Å². The van der Waals surface area contributed by atoms with E-state index in [1.165, 1.54) is 0 Å². The van der Waals surface area contributed by atoms with E-state index in [0.29, 0.717) is 0 Å². The molecule has 0 aliphatic carbocycles. The van der Waals surface area contributed by atoms with E-state index in [9.17, 15) is 0 Å². The summed E-state index contributed by atoms with van der Waals surface area (Å²) >= 11 is 6.88. The van der Waals surface area contributed by atoms with Crippen molar-refractivity contribution in [2.24, 2.45) is 0 Å². The molecule has 1 rings (SSSR count). The van der Waals surface area contributed by atoms with Crippen molar-refractivity contribution >= 4 is 31.9 Å². The molecule has 11 heavy (non-hydrogen) atoms. The molecule has 0 bridgehead atoms. The summed E-state index contributed by atoms with van der Waals surface area (Å²) in [5.74, 6) is 0. The predicted molar refractivity (Wildman–Crippen MR) is 54.8 cm³/mol. The van der Waals surface area contributed by atoms with Gasteiger partial charge in [0, 0.05) is 26.9 Å². The lowest BCUT2D eigenvalue weighted by Gasteiger charge is -2.20. The van der Waals surface area contributed by atoms with Gasteiger partial charge in [0.05, 0.1) is 0 Å². The van der Waals surface area contributed by atoms with Crippen LogP contribution in [0.3, 0.4) is 0 Å². The Morgan fingerprint density at radius 3 is 1.64 bits per heavy atom. The fourth-order valence-electron chi connectivity index (χ4n) is 0.792. The highest BCUT2D eigenvalue weighted by molar-refractivity contribution is 9.13. The summed E-state index contributed by atoms with van der Waals surface area (Å²) in [5, 5.41) is 0. The number of halogens is 2. The Balaban J connectivity index is 3.08. The van der Waals surface area contributed by atoms with Crippen LogP contribution in [0.25, 0.3) is 0 Å². The molecule has 1 aromatic rings. The van der Waals surface area contributed by atoms with Gasteiger partial charge in [-0.3, -0.25) is 0 Å². The fourth-order valence-corrected chi connectivity index (χ4v) is 1.44. The number of hydrogen-bond acceptors (Lipinski definition) is 0. The van der Waals surface area contributed by atoms with E-state index >= 15 is 0 Å². The average Bonchev–Trinajstić information content (AvgIpc) is 2.11. The Kier molecular flexibility index (Phi) is 2.49. The van der Waals surface area contributed by atoms with E-state index < -0.39 is 0 Å². The summed E-state index contributed by atoms with van der Waals surface area (Å²) < 4.78 is 4.38. The first-order valence-corrected chi connectivity index (χ1v) is 5.03. The van der Waals surface area contributed by atoms with Crippen molar-refractivity contribution in [1.29, 1.82) is 0 Å². The maximum Gasteiger partial charge on any atom is 0.0494 e. The fraction of sp³-hybridized carbons (Fsp3) is 0.500. The van der Waals surface area contributed by atoms with Gasteiger partial charge in [-0.05, 0) is 52.6 Å². The maximum absolute atomic E-state index is 3.44. The Morgan fingerprint density at radius 1 is 1.09 bits per heavy atom. The van der Waals surface area contributed by atoms with Crippen LogP contribution in [-0.4, -0.2) is 4.57 Å². The van der Waals surface area contributed by atoms with Crippen molar-refractivity contribution in [3.8, 4) is 0 Å². The summed E-state index contributed by atoms with van der Waals surface area (Å²) in [6, 6.07) is 0. The SMILES string of the molecule is CC(C)(C)n1cc(Br)c(Br)c1. The van der Waals surface area contributed by atoms with Gasteiger partial charge in [-0.25, -0.2) is 0 Å². The molecule has 0 fully saturated rings. The summed E-state index contributed by atoms with van der Waals surface area (Å²) in [6.45, 7) is 6.52. The second-order valence-electron chi connectivity index (χ2n) is 3.53. The first-order chi connectivity index (χ1) is 4.91. The molecule has 0 saturated heterocycles. The molecule has 3 heteroatoms.